The number of pyridine rings is 1. The van der Waals surface area contributed by atoms with Gasteiger partial charge in [-0.3, -0.25) is 14.7 Å². The van der Waals surface area contributed by atoms with Crippen LogP contribution in [-0.4, -0.2) is 66.0 Å². The third kappa shape index (κ3) is 3.93. The lowest BCUT2D eigenvalue weighted by Crippen LogP contribution is -2.52. The molecule has 4 heterocycles. The van der Waals surface area contributed by atoms with Gasteiger partial charge in [0.15, 0.2) is 0 Å². The second kappa shape index (κ2) is 8.73. The van der Waals surface area contributed by atoms with Gasteiger partial charge in [-0.1, -0.05) is 18.2 Å². The molecule has 1 amide bonds. The summed E-state index contributed by atoms with van der Waals surface area (Å²) in [5.41, 5.74) is 7.04. The van der Waals surface area contributed by atoms with Crippen molar-refractivity contribution in [1.29, 1.82) is 0 Å². The van der Waals surface area contributed by atoms with E-state index in [2.05, 4.69) is 57.4 Å². The monoisotopic (exact) mass is 445 g/mol. The lowest BCUT2D eigenvalue weighted by molar-refractivity contribution is -0.129. The maximum atomic E-state index is 12.1. The second-order valence-corrected chi connectivity index (χ2v) is 10.3. The number of piperazine rings is 1. The van der Waals surface area contributed by atoms with E-state index in [1.807, 2.05) is 6.20 Å². The first-order chi connectivity index (χ1) is 16.2. The van der Waals surface area contributed by atoms with E-state index in [1.165, 1.54) is 40.9 Å². The van der Waals surface area contributed by atoms with E-state index >= 15 is 0 Å². The normalized spacial score (nSPS) is 26.8. The minimum atomic E-state index is 0.348. The number of nitrogens with one attached hydrogen (secondary N) is 1. The maximum absolute atomic E-state index is 12.1. The third-order valence-electron chi connectivity index (χ3n) is 8.32. The molecule has 3 aliphatic heterocycles. The molecule has 4 aliphatic rings. The predicted octanol–water partition coefficient (Wildman–Crippen LogP) is 2.92. The number of rotatable bonds is 4. The van der Waals surface area contributed by atoms with Crippen molar-refractivity contribution in [2.75, 3.05) is 38.1 Å². The molecule has 174 valence electrons. The van der Waals surface area contributed by atoms with Gasteiger partial charge in [0.25, 0.3) is 0 Å². The largest absolute Gasteiger partial charge is 0.367 e. The Bertz CT molecular complexity index is 1040. The molecule has 0 saturated carbocycles. The van der Waals surface area contributed by atoms with E-state index in [0.717, 1.165) is 58.4 Å². The van der Waals surface area contributed by atoms with Gasteiger partial charge in [0.1, 0.15) is 0 Å². The highest BCUT2D eigenvalue weighted by molar-refractivity contribution is 5.79. The molecule has 6 rings (SSSR count). The summed E-state index contributed by atoms with van der Waals surface area (Å²) in [5.74, 6) is 0.348. The molecule has 1 aromatic heterocycles. The van der Waals surface area contributed by atoms with Gasteiger partial charge in [-0.25, -0.2) is 0 Å². The molecule has 33 heavy (non-hydrogen) atoms. The maximum Gasteiger partial charge on any atom is 0.223 e. The lowest BCUT2D eigenvalue weighted by Gasteiger charge is -2.41. The minimum Gasteiger partial charge on any atom is -0.367 e. The predicted molar refractivity (Wildman–Crippen MR) is 130 cm³/mol. The number of carbonyl (C=O) groups is 1. The Morgan fingerprint density at radius 2 is 2.03 bits per heavy atom. The zero-order valence-electron chi connectivity index (χ0n) is 19.7. The number of aromatic nitrogens is 1. The molecule has 2 fully saturated rings. The number of amides is 1. The Balaban J connectivity index is 1.18. The van der Waals surface area contributed by atoms with Gasteiger partial charge in [-0.15, -0.1) is 0 Å². The molecule has 3 atom stereocenters. The molecular formula is C27H35N5O. The molecule has 0 unspecified atom stereocenters. The fourth-order valence-electron chi connectivity index (χ4n) is 6.59. The smallest absolute Gasteiger partial charge is 0.223 e. The molecule has 6 nitrogen and oxygen atoms in total. The first-order valence-corrected chi connectivity index (χ1v) is 12.7. The van der Waals surface area contributed by atoms with Crippen LogP contribution in [-0.2, 0) is 24.2 Å². The summed E-state index contributed by atoms with van der Waals surface area (Å²) in [5, 5.41) is 3.81. The average molecular weight is 446 g/mol. The topological polar surface area (TPSA) is 51.7 Å². The van der Waals surface area contributed by atoms with Crippen LogP contribution in [0.25, 0.3) is 0 Å². The average Bonchev–Trinajstić information content (AvgIpc) is 3.23. The molecular weight excluding hydrogens is 410 g/mol. The van der Waals surface area contributed by atoms with Gasteiger partial charge in [0, 0.05) is 63.1 Å². The Kier molecular flexibility index (Phi) is 5.59. The highest BCUT2D eigenvalue weighted by atomic mass is 16.2. The summed E-state index contributed by atoms with van der Waals surface area (Å²) < 4.78 is 0. The molecule has 2 saturated heterocycles. The lowest BCUT2D eigenvalue weighted by atomic mass is 9.89. The fraction of sp³-hybridized carbons (Fsp3) is 0.556. The first kappa shape index (κ1) is 21.1. The van der Waals surface area contributed by atoms with E-state index in [1.54, 1.807) is 0 Å². The number of hydrogen-bond acceptors (Lipinski definition) is 5. The Morgan fingerprint density at radius 3 is 2.97 bits per heavy atom. The number of nitrogens with zero attached hydrogens (tertiary/aromatic N) is 4. The third-order valence-corrected chi connectivity index (χ3v) is 8.32. The number of likely N-dealkylation sites (N-methyl/N-ethyl adjacent to an activating group) is 1. The molecule has 0 bridgehead atoms. The number of benzene rings is 1. The van der Waals surface area contributed by atoms with Crippen molar-refractivity contribution in [3.63, 3.8) is 0 Å². The number of anilines is 1. The number of fused-ring (bicyclic) bond motifs is 3. The van der Waals surface area contributed by atoms with Crippen LogP contribution in [0.4, 0.5) is 5.69 Å². The minimum absolute atomic E-state index is 0.348. The van der Waals surface area contributed by atoms with E-state index in [-0.39, 0.29) is 0 Å². The molecule has 1 aliphatic carbocycles. The van der Waals surface area contributed by atoms with Gasteiger partial charge < -0.3 is 15.1 Å². The van der Waals surface area contributed by atoms with Crippen molar-refractivity contribution in [3.05, 3.63) is 58.9 Å². The molecule has 0 radical (unpaired) electrons. The zero-order valence-corrected chi connectivity index (χ0v) is 19.7. The summed E-state index contributed by atoms with van der Waals surface area (Å²) in [6.07, 6.45) is 8.34. The van der Waals surface area contributed by atoms with Gasteiger partial charge in [-0.05, 0) is 68.0 Å². The van der Waals surface area contributed by atoms with Crippen LogP contribution in [0.2, 0.25) is 0 Å². The van der Waals surface area contributed by atoms with Crippen LogP contribution < -0.4 is 10.2 Å². The summed E-state index contributed by atoms with van der Waals surface area (Å²) in [6, 6.07) is 12.4. The SMILES string of the molecule is CN(C[C@H]1Cc2c(cccc2N2CCN3C(=O)CC[C@@H]3C2)CN1)[C@H]1CCCc2cccnc21. The van der Waals surface area contributed by atoms with E-state index in [0.29, 0.717) is 24.0 Å². The second-order valence-electron chi connectivity index (χ2n) is 10.3. The van der Waals surface area contributed by atoms with Crippen LogP contribution in [0.5, 0.6) is 0 Å². The Labute approximate surface area is 197 Å². The Morgan fingerprint density at radius 1 is 1.12 bits per heavy atom. The van der Waals surface area contributed by atoms with Gasteiger partial charge in [-0.2, -0.15) is 0 Å². The number of hydrogen-bond donors (Lipinski definition) is 1. The van der Waals surface area contributed by atoms with Crippen LogP contribution in [0, 0.1) is 0 Å². The van der Waals surface area contributed by atoms with Gasteiger partial charge in [0.2, 0.25) is 5.91 Å². The van der Waals surface area contributed by atoms with Crippen molar-refractivity contribution in [2.45, 2.75) is 63.2 Å². The van der Waals surface area contributed by atoms with E-state index < -0.39 is 0 Å². The molecule has 1 N–H and O–H groups in total. The van der Waals surface area contributed by atoms with E-state index in [4.69, 9.17) is 4.98 Å². The fourth-order valence-corrected chi connectivity index (χ4v) is 6.59. The summed E-state index contributed by atoms with van der Waals surface area (Å²) >= 11 is 0. The molecule has 1 aromatic carbocycles. The highest BCUT2D eigenvalue weighted by Crippen LogP contribution is 2.34. The molecule has 0 spiro atoms. The van der Waals surface area contributed by atoms with E-state index in [9.17, 15) is 4.79 Å². The van der Waals surface area contributed by atoms with Crippen LogP contribution in [0.15, 0.2) is 36.5 Å². The van der Waals surface area contributed by atoms with Gasteiger partial charge in [0.05, 0.1) is 11.7 Å². The first-order valence-electron chi connectivity index (χ1n) is 12.7. The summed E-state index contributed by atoms with van der Waals surface area (Å²) in [7, 11) is 2.27. The number of aryl methyl sites for hydroxylation is 1. The number of carbonyl (C=O) groups excluding carboxylic acids is 1. The highest BCUT2D eigenvalue weighted by Gasteiger charge is 2.36. The summed E-state index contributed by atoms with van der Waals surface area (Å²) in [4.78, 5) is 24.1. The zero-order chi connectivity index (χ0) is 22.4. The van der Waals surface area contributed by atoms with Crippen molar-refractivity contribution in [3.8, 4) is 0 Å². The van der Waals surface area contributed by atoms with Crippen molar-refractivity contribution in [1.82, 2.24) is 20.1 Å². The van der Waals surface area contributed by atoms with Crippen LogP contribution in [0.3, 0.4) is 0 Å². The summed E-state index contributed by atoms with van der Waals surface area (Å²) in [6.45, 7) is 4.75. The standard InChI is InChI=1S/C27H35N5O/c1-30(25-9-2-5-19-7-4-12-28-27(19)25)17-21-15-23-20(16-29-21)6-3-8-24(23)31-13-14-32-22(18-31)10-11-26(32)33/h3-4,6-8,12,21-22,25,29H,2,5,9-11,13-18H2,1H3/t21-,22-,25+/m1/s1. The van der Waals surface area contributed by atoms with Gasteiger partial charge >= 0.3 is 0 Å². The van der Waals surface area contributed by atoms with Crippen molar-refractivity contribution >= 4 is 11.6 Å². The molecule has 2 aromatic rings. The van der Waals surface area contributed by atoms with Crippen LogP contribution in [0.1, 0.15) is 54.1 Å². The molecule has 6 heteroatoms. The van der Waals surface area contributed by atoms with Crippen molar-refractivity contribution < 1.29 is 4.79 Å². The quantitative estimate of drug-likeness (QED) is 0.784. The van der Waals surface area contributed by atoms with Crippen LogP contribution >= 0.6 is 0 Å². The Hall–Kier alpha value is -2.44. The van der Waals surface area contributed by atoms with Crippen molar-refractivity contribution in [2.24, 2.45) is 0 Å².